The third-order valence-electron chi connectivity index (χ3n) is 18.1. The van der Waals surface area contributed by atoms with Gasteiger partial charge in [-0.3, -0.25) is 0 Å². The molecule has 62 heavy (non-hydrogen) atoms. The van der Waals surface area contributed by atoms with Crippen LogP contribution in [0.2, 0.25) is 0 Å². The van der Waals surface area contributed by atoms with Gasteiger partial charge in [0.2, 0.25) is 0 Å². The number of allylic oxidation sites excluding steroid dienone is 1. The Morgan fingerprint density at radius 3 is 1.97 bits per heavy atom. The van der Waals surface area contributed by atoms with Crippen LogP contribution in [0.3, 0.4) is 0 Å². The molecule has 4 aliphatic carbocycles. The van der Waals surface area contributed by atoms with Gasteiger partial charge in [0.15, 0.2) is 18.9 Å². The van der Waals surface area contributed by atoms with Gasteiger partial charge in [-0.15, -0.1) is 0 Å². The van der Waals surface area contributed by atoms with Crippen molar-refractivity contribution in [3.8, 4) is 0 Å². The minimum absolute atomic E-state index is 0.0342. The predicted molar refractivity (Wildman–Crippen MR) is 228 cm³/mol. The van der Waals surface area contributed by atoms with E-state index in [0.717, 1.165) is 51.4 Å². The molecule has 3 aliphatic heterocycles. The normalized spacial score (nSPS) is 48.1. The zero-order chi connectivity index (χ0) is 45.2. The number of fused-ring (bicyclic) bond motifs is 5. The smallest absolute Gasteiger partial charge is 0.187 e. The van der Waals surface area contributed by atoms with Gasteiger partial charge in [0.1, 0.15) is 24.4 Å². The second-order valence-corrected chi connectivity index (χ2v) is 22.5. The molecule has 0 radical (unpaired) electrons. The lowest BCUT2D eigenvalue weighted by Gasteiger charge is -2.66. The first-order valence-corrected chi connectivity index (χ1v) is 24.0. The second-order valence-electron chi connectivity index (χ2n) is 22.5. The molecule has 3 heterocycles. The number of aliphatic hydroxyl groups excluding tert-OH is 7. The Morgan fingerprint density at radius 1 is 0.742 bits per heavy atom. The van der Waals surface area contributed by atoms with Crippen LogP contribution in [0, 0.1) is 45.3 Å². The molecular weight excluding hydrogens is 801 g/mol. The standard InChI is InChI=1S/C48H82O14/c1-26(9-13-37(45(4,5)56)61-43-42(41(55)40(54)34(25-51)59-43)62-39-22-28(53)20-30(24-50)58-39)31-15-16-48(8)35-12-10-32-33(46(35,6)17-18-47(31,48)7)11-14-36(44(32,2)3)60-38-21-27(52)19-29(23-49)57-38/h10,26-31,33-43,49-56H,9,11-25H2,1-8H3/t26?,27-,28-,29-,30-,31?,33?,34+,35?,36-,37?,38-,39-,40+,41-,42+,43-,46?,47?,48?/m0/s1. The van der Waals surface area contributed by atoms with Crippen molar-refractivity contribution in [2.75, 3.05) is 19.8 Å². The molecule has 0 bridgehead atoms. The third kappa shape index (κ3) is 9.12. The van der Waals surface area contributed by atoms with E-state index in [1.807, 2.05) is 0 Å². The zero-order valence-corrected chi connectivity index (χ0v) is 38.7. The zero-order valence-electron chi connectivity index (χ0n) is 38.7. The van der Waals surface area contributed by atoms with Crippen LogP contribution in [0.4, 0.5) is 0 Å². The van der Waals surface area contributed by atoms with E-state index in [9.17, 15) is 40.9 Å². The van der Waals surface area contributed by atoms with E-state index in [1.165, 1.54) is 5.57 Å². The summed E-state index contributed by atoms with van der Waals surface area (Å²) in [5.41, 5.74) is 0.404. The van der Waals surface area contributed by atoms with Crippen molar-refractivity contribution in [3.63, 3.8) is 0 Å². The Balaban J connectivity index is 1.03. The van der Waals surface area contributed by atoms with E-state index in [-0.39, 0.29) is 53.8 Å². The van der Waals surface area contributed by atoms with E-state index < -0.39 is 86.0 Å². The van der Waals surface area contributed by atoms with E-state index in [0.29, 0.717) is 42.9 Å². The highest BCUT2D eigenvalue weighted by molar-refractivity contribution is 5.30. The molecule has 3 saturated carbocycles. The fourth-order valence-corrected chi connectivity index (χ4v) is 14.2. The van der Waals surface area contributed by atoms with Gasteiger partial charge < -0.3 is 69.3 Å². The lowest BCUT2D eigenvalue weighted by atomic mass is 9.39. The molecule has 8 N–H and O–H groups in total. The van der Waals surface area contributed by atoms with Crippen molar-refractivity contribution < 1.29 is 69.3 Å². The second kappa shape index (κ2) is 18.7. The molecule has 14 heteroatoms. The van der Waals surface area contributed by atoms with Crippen molar-refractivity contribution >= 4 is 0 Å². The molecule has 6 fully saturated rings. The minimum atomic E-state index is -1.53. The van der Waals surface area contributed by atoms with Crippen LogP contribution >= 0.6 is 0 Å². The highest BCUT2D eigenvalue weighted by Gasteiger charge is 2.67. The molecule has 8 unspecified atom stereocenters. The number of hydrogen-bond donors (Lipinski definition) is 8. The van der Waals surface area contributed by atoms with Crippen LogP contribution in [0.1, 0.15) is 139 Å². The fraction of sp³-hybridized carbons (Fsp3) is 0.958. The van der Waals surface area contributed by atoms with Crippen LogP contribution in [0.25, 0.3) is 0 Å². The molecule has 0 aromatic heterocycles. The van der Waals surface area contributed by atoms with Gasteiger partial charge in [-0.25, -0.2) is 0 Å². The van der Waals surface area contributed by atoms with Gasteiger partial charge >= 0.3 is 0 Å². The van der Waals surface area contributed by atoms with Gasteiger partial charge in [0, 0.05) is 31.1 Å². The van der Waals surface area contributed by atoms with Crippen molar-refractivity contribution in [1.29, 1.82) is 0 Å². The van der Waals surface area contributed by atoms with Crippen molar-refractivity contribution in [2.24, 2.45) is 45.3 Å². The Morgan fingerprint density at radius 2 is 1.37 bits per heavy atom. The summed E-state index contributed by atoms with van der Waals surface area (Å²) < 4.78 is 37.2. The van der Waals surface area contributed by atoms with E-state index >= 15 is 0 Å². The maximum atomic E-state index is 11.5. The maximum Gasteiger partial charge on any atom is 0.187 e. The first-order valence-electron chi connectivity index (χ1n) is 24.0. The molecule has 20 atom stereocenters. The van der Waals surface area contributed by atoms with Gasteiger partial charge in [-0.05, 0) is 112 Å². The minimum Gasteiger partial charge on any atom is -0.394 e. The average Bonchev–Trinajstić information content (AvgIpc) is 3.49. The molecule has 358 valence electrons. The Labute approximate surface area is 369 Å². The van der Waals surface area contributed by atoms with Crippen molar-refractivity contribution in [1.82, 2.24) is 0 Å². The van der Waals surface area contributed by atoms with Crippen LogP contribution in [-0.4, -0.2) is 146 Å². The lowest BCUT2D eigenvalue weighted by molar-refractivity contribution is -0.358. The molecule has 7 aliphatic rings. The van der Waals surface area contributed by atoms with Crippen molar-refractivity contribution in [3.05, 3.63) is 11.6 Å². The summed E-state index contributed by atoms with van der Waals surface area (Å²) in [5.74, 6) is 1.78. The van der Waals surface area contributed by atoms with Gasteiger partial charge in [0.25, 0.3) is 0 Å². The molecule has 14 nitrogen and oxygen atoms in total. The quantitative estimate of drug-likeness (QED) is 0.115. The molecule has 3 saturated heterocycles. The summed E-state index contributed by atoms with van der Waals surface area (Å²) in [6.07, 6.45) is 1.18. The lowest BCUT2D eigenvalue weighted by Crippen LogP contribution is -2.62. The monoisotopic (exact) mass is 883 g/mol. The largest absolute Gasteiger partial charge is 0.394 e. The first-order chi connectivity index (χ1) is 29.1. The van der Waals surface area contributed by atoms with E-state index in [1.54, 1.807) is 13.8 Å². The molecule has 0 aromatic carbocycles. The van der Waals surface area contributed by atoms with Crippen molar-refractivity contribution in [2.45, 2.75) is 224 Å². The number of rotatable bonds is 14. The number of aliphatic hydroxyl groups is 8. The fourth-order valence-electron chi connectivity index (χ4n) is 14.2. The van der Waals surface area contributed by atoms with Crippen LogP contribution in [0.15, 0.2) is 11.6 Å². The average molecular weight is 883 g/mol. The maximum absolute atomic E-state index is 11.5. The molecule has 0 spiro atoms. The van der Waals surface area contributed by atoms with E-state index in [2.05, 4.69) is 47.6 Å². The molecule has 0 aromatic rings. The highest BCUT2D eigenvalue weighted by Crippen LogP contribution is 2.75. The first kappa shape index (κ1) is 49.1. The summed E-state index contributed by atoms with van der Waals surface area (Å²) in [6, 6.07) is 0. The summed E-state index contributed by atoms with van der Waals surface area (Å²) in [7, 11) is 0. The van der Waals surface area contributed by atoms with Gasteiger partial charge in [-0.1, -0.05) is 53.2 Å². The highest BCUT2D eigenvalue weighted by atomic mass is 16.8. The number of ether oxygens (including phenoxy) is 6. The Kier molecular flexibility index (Phi) is 14.8. The summed E-state index contributed by atoms with van der Waals surface area (Å²) in [5, 5.41) is 84.0. The topological polar surface area (TPSA) is 217 Å². The Hall–Kier alpha value is -0.820. The number of hydrogen-bond acceptors (Lipinski definition) is 14. The molecule has 7 rings (SSSR count). The summed E-state index contributed by atoms with van der Waals surface area (Å²) in [6.45, 7) is 17.0. The summed E-state index contributed by atoms with van der Waals surface area (Å²) >= 11 is 0. The van der Waals surface area contributed by atoms with Gasteiger partial charge in [0.05, 0.1) is 62.0 Å². The van der Waals surface area contributed by atoms with Gasteiger partial charge in [-0.2, -0.15) is 0 Å². The van der Waals surface area contributed by atoms with E-state index in [4.69, 9.17) is 28.4 Å². The predicted octanol–water partition coefficient (Wildman–Crippen LogP) is 4.09. The third-order valence-corrected chi connectivity index (χ3v) is 18.1. The molecular formula is C48H82O14. The summed E-state index contributed by atoms with van der Waals surface area (Å²) in [4.78, 5) is 0. The van der Waals surface area contributed by atoms with Crippen LogP contribution < -0.4 is 0 Å². The van der Waals surface area contributed by atoms with Crippen LogP contribution in [0.5, 0.6) is 0 Å². The van der Waals surface area contributed by atoms with Crippen LogP contribution in [-0.2, 0) is 28.4 Å². The SMILES string of the molecule is CC(CCC(O[C@@H]1O[C@H](CO)[C@@H](O)[C@H](O)[C@H]1O[C@H]1C[C@@H](O)C[C@@H](CO)O1)C(C)(C)O)C1CCC2(C)C3CC=C4C(CC[C@H](O[C@H]5C[C@@H](O)C[C@@H](CO)O5)C4(C)C)C3(C)CCC12C. The Bertz CT molecular complexity index is 1540. The molecule has 0 amide bonds.